The maximum absolute atomic E-state index is 14.1. The Morgan fingerprint density at radius 1 is 1.02 bits per heavy atom. The van der Waals surface area contributed by atoms with Crippen LogP contribution in [0.3, 0.4) is 0 Å². The Morgan fingerprint density at radius 3 is 2.57 bits per heavy atom. The molecule has 1 atom stereocenters. The molecule has 0 saturated carbocycles. The van der Waals surface area contributed by atoms with Crippen LogP contribution in [0.25, 0.3) is 17.4 Å². The number of hydrogen-bond acceptors (Lipinski definition) is 7. The Balaban J connectivity index is 1.49. The highest BCUT2D eigenvalue weighted by atomic mass is 35.5. The molecule has 222 valence electrons. The van der Waals surface area contributed by atoms with Crippen molar-refractivity contribution in [2.75, 3.05) is 19.5 Å². The molecule has 5 aromatic rings. The smallest absolute Gasteiger partial charge is 0.271 e. The fraction of sp³-hybridized carbons (Fsp3) is 0.121. The summed E-state index contributed by atoms with van der Waals surface area (Å²) in [6, 6.07) is 22.2. The van der Waals surface area contributed by atoms with Crippen LogP contribution in [0.4, 0.5) is 5.69 Å². The van der Waals surface area contributed by atoms with E-state index in [4.69, 9.17) is 42.1 Å². The molecule has 0 aliphatic carbocycles. The van der Waals surface area contributed by atoms with E-state index >= 15 is 0 Å². The summed E-state index contributed by atoms with van der Waals surface area (Å²) in [6.45, 7) is 1.76. The molecule has 3 aromatic carbocycles. The van der Waals surface area contributed by atoms with Gasteiger partial charge in [0.1, 0.15) is 29.1 Å². The Hall–Kier alpha value is -4.57. The lowest BCUT2D eigenvalue weighted by molar-refractivity contribution is -0.113. The lowest BCUT2D eigenvalue weighted by Crippen LogP contribution is -2.40. The monoisotopic (exact) mass is 645 g/mol. The number of benzene rings is 3. The first-order valence-electron chi connectivity index (χ1n) is 13.4. The first-order valence-corrected chi connectivity index (χ1v) is 15.0. The molecule has 8 nitrogen and oxygen atoms in total. The average Bonchev–Trinajstić information content (AvgIpc) is 3.61. The number of halogens is 2. The van der Waals surface area contributed by atoms with Gasteiger partial charge in [0, 0.05) is 34.0 Å². The summed E-state index contributed by atoms with van der Waals surface area (Å²) >= 11 is 13.7. The van der Waals surface area contributed by atoms with Crippen LogP contribution in [0.1, 0.15) is 24.3 Å². The number of aromatic nitrogens is 1. The molecule has 1 amide bonds. The van der Waals surface area contributed by atoms with Crippen molar-refractivity contribution >= 4 is 52.2 Å². The van der Waals surface area contributed by atoms with E-state index in [-0.39, 0.29) is 11.5 Å². The lowest BCUT2D eigenvalue weighted by Gasteiger charge is -2.26. The highest BCUT2D eigenvalue weighted by Crippen LogP contribution is 2.38. The summed E-state index contributed by atoms with van der Waals surface area (Å²) in [5, 5.41) is 3.95. The fourth-order valence-electron chi connectivity index (χ4n) is 5.06. The van der Waals surface area contributed by atoms with Gasteiger partial charge < -0.3 is 19.2 Å². The minimum Gasteiger partial charge on any atom is -0.497 e. The van der Waals surface area contributed by atoms with E-state index in [2.05, 4.69) is 5.32 Å². The van der Waals surface area contributed by atoms with Gasteiger partial charge in [0.05, 0.1) is 35.0 Å². The van der Waals surface area contributed by atoms with Gasteiger partial charge in [-0.3, -0.25) is 14.2 Å². The number of furan rings is 1. The Kier molecular flexibility index (Phi) is 8.18. The van der Waals surface area contributed by atoms with Gasteiger partial charge in [-0.25, -0.2) is 4.99 Å². The number of amides is 1. The Labute approximate surface area is 266 Å². The molecule has 0 spiro atoms. The number of hydrogen-bond donors (Lipinski definition) is 1. The topological polar surface area (TPSA) is 95.1 Å². The first kappa shape index (κ1) is 29.5. The SMILES string of the molecule is COc1ccc([C@H]2C(C(=O)Nc3ccccc3)=C(C)N=c3s/c(=C\c4ccc(-c5cc(Cl)ccc5Cl)o4)c(=O)n32)c(OC)c1. The maximum atomic E-state index is 14.1. The predicted molar refractivity (Wildman–Crippen MR) is 173 cm³/mol. The van der Waals surface area contributed by atoms with Crippen molar-refractivity contribution in [1.82, 2.24) is 4.57 Å². The number of fused-ring (bicyclic) bond motifs is 1. The molecule has 1 aliphatic rings. The molecule has 0 bridgehead atoms. The number of nitrogens with one attached hydrogen (secondary N) is 1. The van der Waals surface area contributed by atoms with E-state index in [1.54, 1.807) is 80.8 Å². The third-order valence-corrected chi connectivity index (χ3v) is 8.67. The molecule has 2 aromatic heterocycles. The summed E-state index contributed by atoms with van der Waals surface area (Å²) < 4.78 is 19.0. The van der Waals surface area contributed by atoms with Gasteiger partial charge in [-0.05, 0) is 61.5 Å². The molecular formula is C33H25Cl2N3O5S. The average molecular weight is 647 g/mol. The van der Waals surface area contributed by atoms with Gasteiger partial charge >= 0.3 is 0 Å². The number of ether oxygens (including phenoxy) is 2. The van der Waals surface area contributed by atoms with E-state index in [1.165, 1.54) is 23.0 Å². The number of carbonyl (C=O) groups excluding carboxylic acids is 1. The van der Waals surface area contributed by atoms with Crippen LogP contribution in [0, 0.1) is 0 Å². The van der Waals surface area contributed by atoms with Crippen LogP contribution in [-0.2, 0) is 4.79 Å². The van der Waals surface area contributed by atoms with Crippen molar-refractivity contribution < 1.29 is 18.7 Å². The molecule has 0 radical (unpaired) electrons. The number of allylic oxidation sites excluding steroid dienone is 1. The van der Waals surface area contributed by atoms with Crippen molar-refractivity contribution in [3.63, 3.8) is 0 Å². The fourth-order valence-corrected chi connectivity index (χ4v) is 6.47. The van der Waals surface area contributed by atoms with Crippen molar-refractivity contribution in [3.05, 3.63) is 131 Å². The number of nitrogens with zero attached hydrogens (tertiary/aromatic N) is 2. The number of rotatable bonds is 7. The van der Waals surface area contributed by atoms with Gasteiger partial charge in [0.15, 0.2) is 4.80 Å². The summed E-state index contributed by atoms with van der Waals surface area (Å²) in [4.78, 5) is 33.1. The van der Waals surface area contributed by atoms with Crippen molar-refractivity contribution in [2.45, 2.75) is 13.0 Å². The second-order valence-corrected chi connectivity index (χ2v) is 11.7. The van der Waals surface area contributed by atoms with E-state index in [1.807, 2.05) is 18.2 Å². The van der Waals surface area contributed by atoms with Gasteiger partial charge in [-0.15, -0.1) is 0 Å². The third kappa shape index (κ3) is 5.57. The van der Waals surface area contributed by atoms with Gasteiger partial charge in [-0.1, -0.05) is 52.7 Å². The second-order valence-electron chi connectivity index (χ2n) is 9.84. The van der Waals surface area contributed by atoms with E-state index in [0.717, 1.165) is 0 Å². The van der Waals surface area contributed by atoms with Crippen molar-refractivity contribution in [2.24, 2.45) is 4.99 Å². The highest BCUT2D eigenvalue weighted by molar-refractivity contribution is 7.07. The molecule has 1 aliphatic heterocycles. The third-order valence-electron chi connectivity index (χ3n) is 7.13. The van der Waals surface area contributed by atoms with Crippen LogP contribution >= 0.6 is 34.5 Å². The Morgan fingerprint density at radius 2 is 1.82 bits per heavy atom. The van der Waals surface area contributed by atoms with E-state index < -0.39 is 6.04 Å². The van der Waals surface area contributed by atoms with Crippen LogP contribution in [0.5, 0.6) is 11.5 Å². The molecule has 1 N–H and O–H groups in total. The molecule has 11 heteroatoms. The quantitative estimate of drug-likeness (QED) is 0.219. The molecule has 6 rings (SSSR count). The molecule has 0 unspecified atom stereocenters. The van der Waals surface area contributed by atoms with Crippen molar-refractivity contribution in [3.8, 4) is 22.8 Å². The zero-order chi connectivity index (χ0) is 31.0. The van der Waals surface area contributed by atoms with Gasteiger partial charge in [0.25, 0.3) is 11.5 Å². The van der Waals surface area contributed by atoms with Crippen LogP contribution in [0.15, 0.2) is 104 Å². The van der Waals surface area contributed by atoms with E-state index in [0.29, 0.717) is 70.5 Å². The largest absolute Gasteiger partial charge is 0.497 e. The van der Waals surface area contributed by atoms with Crippen LogP contribution in [0.2, 0.25) is 10.0 Å². The number of anilines is 1. The van der Waals surface area contributed by atoms with Crippen LogP contribution in [-0.4, -0.2) is 24.7 Å². The lowest BCUT2D eigenvalue weighted by atomic mass is 9.94. The first-order chi connectivity index (χ1) is 21.3. The van der Waals surface area contributed by atoms with Crippen LogP contribution < -0.4 is 29.7 Å². The second kappa shape index (κ2) is 12.2. The zero-order valence-corrected chi connectivity index (χ0v) is 26.1. The number of thiazole rings is 1. The Bertz CT molecular complexity index is 2110. The minimum atomic E-state index is -0.838. The molecule has 0 saturated heterocycles. The molecular weight excluding hydrogens is 621 g/mol. The standard InChI is InChI=1S/C33H25Cl2N3O5S/c1-18-29(31(39)37-20-7-5-4-6-8-20)30(23-12-10-21(41-2)16-27(23)42-3)38-32(40)28(44-33(38)36-18)17-22-11-14-26(43-22)24-15-19(34)9-13-25(24)35/h4-17,30H,1-3H3,(H,37,39)/b28-17-/t30-/m0/s1. The van der Waals surface area contributed by atoms with Crippen molar-refractivity contribution in [1.29, 1.82) is 0 Å². The number of carbonyl (C=O) groups is 1. The van der Waals surface area contributed by atoms with E-state index in [9.17, 15) is 9.59 Å². The molecule has 3 heterocycles. The van der Waals surface area contributed by atoms with Gasteiger partial charge in [-0.2, -0.15) is 0 Å². The summed E-state index contributed by atoms with van der Waals surface area (Å²) in [6.07, 6.45) is 1.65. The number of methoxy groups -OCH3 is 2. The zero-order valence-electron chi connectivity index (χ0n) is 23.8. The summed E-state index contributed by atoms with van der Waals surface area (Å²) in [5.74, 6) is 1.59. The van der Waals surface area contributed by atoms with Gasteiger partial charge in [0.2, 0.25) is 0 Å². The molecule has 44 heavy (non-hydrogen) atoms. The number of para-hydroxylation sites is 1. The maximum Gasteiger partial charge on any atom is 0.271 e. The summed E-state index contributed by atoms with van der Waals surface area (Å²) in [5.41, 5.74) is 2.30. The minimum absolute atomic E-state index is 0.312. The normalized spacial score (nSPS) is 14.7. The predicted octanol–water partition coefficient (Wildman–Crippen LogP) is 6.46. The summed E-state index contributed by atoms with van der Waals surface area (Å²) in [7, 11) is 3.09. The molecule has 0 fully saturated rings. The highest BCUT2D eigenvalue weighted by Gasteiger charge is 2.34.